The summed E-state index contributed by atoms with van der Waals surface area (Å²) in [6.45, 7) is 0. The second kappa shape index (κ2) is 3.70. The highest BCUT2D eigenvalue weighted by atomic mass is 16.3. The maximum Gasteiger partial charge on any atom is 0.138 e. The van der Waals surface area contributed by atoms with Gasteiger partial charge in [0, 0.05) is 18.3 Å². The number of carbonyl (C=O) groups is 1. The van der Waals surface area contributed by atoms with Crippen molar-refractivity contribution in [2.45, 2.75) is 31.3 Å². The molecule has 1 aromatic rings. The van der Waals surface area contributed by atoms with E-state index in [0.717, 1.165) is 12.8 Å². The first-order chi connectivity index (χ1) is 7.77. The number of aliphatic hydroxyl groups excluding tert-OH is 1. The Morgan fingerprint density at radius 1 is 1.12 bits per heavy atom. The van der Waals surface area contributed by atoms with Crippen molar-refractivity contribution in [2.75, 3.05) is 0 Å². The van der Waals surface area contributed by atoms with E-state index in [2.05, 4.69) is 12.1 Å². The highest BCUT2D eigenvalue weighted by Crippen LogP contribution is 2.47. The predicted octanol–water partition coefficient (Wildman–Crippen LogP) is 2.13. The van der Waals surface area contributed by atoms with E-state index in [1.165, 1.54) is 5.56 Å². The van der Waals surface area contributed by atoms with Crippen molar-refractivity contribution < 1.29 is 9.90 Å². The van der Waals surface area contributed by atoms with Crippen LogP contribution in [0, 0.1) is 11.8 Å². The summed E-state index contributed by atoms with van der Waals surface area (Å²) in [5.74, 6) is 0.707. The van der Waals surface area contributed by atoms with Gasteiger partial charge in [0.25, 0.3) is 0 Å². The van der Waals surface area contributed by atoms with Gasteiger partial charge in [-0.1, -0.05) is 30.3 Å². The molecule has 0 aromatic heterocycles. The maximum atomic E-state index is 11.7. The summed E-state index contributed by atoms with van der Waals surface area (Å²) < 4.78 is 0. The third kappa shape index (κ3) is 1.40. The summed E-state index contributed by atoms with van der Waals surface area (Å²) in [4.78, 5) is 11.7. The second-order valence-corrected chi connectivity index (χ2v) is 5.04. The number of hydrogen-bond donors (Lipinski definition) is 1. The molecule has 4 atom stereocenters. The lowest BCUT2D eigenvalue weighted by molar-refractivity contribution is -0.138. The molecule has 1 N–H and O–H groups in total. The molecule has 3 fully saturated rings. The minimum absolute atomic E-state index is 0.102. The Morgan fingerprint density at radius 3 is 2.50 bits per heavy atom. The fraction of sp³-hybridized carbons (Fsp3) is 0.500. The fourth-order valence-corrected chi connectivity index (χ4v) is 3.41. The van der Waals surface area contributed by atoms with Gasteiger partial charge in [0.05, 0.1) is 6.10 Å². The largest absolute Gasteiger partial charge is 0.392 e. The van der Waals surface area contributed by atoms with Crippen LogP contribution in [0.15, 0.2) is 30.3 Å². The van der Waals surface area contributed by atoms with Crippen LogP contribution in [-0.2, 0) is 4.79 Å². The Bertz CT molecular complexity index is 396. The van der Waals surface area contributed by atoms with Crippen molar-refractivity contribution in [3.05, 3.63) is 35.9 Å². The van der Waals surface area contributed by atoms with Crippen molar-refractivity contribution >= 4 is 5.78 Å². The smallest absolute Gasteiger partial charge is 0.138 e. The van der Waals surface area contributed by atoms with E-state index in [-0.39, 0.29) is 17.6 Å². The molecular weight excluding hydrogens is 200 g/mol. The molecule has 1 aromatic carbocycles. The van der Waals surface area contributed by atoms with E-state index in [9.17, 15) is 9.90 Å². The molecule has 0 spiro atoms. The summed E-state index contributed by atoms with van der Waals surface area (Å²) in [6.07, 6.45) is 2.19. The molecule has 0 amide bonds. The van der Waals surface area contributed by atoms with Crippen molar-refractivity contribution in [2.24, 2.45) is 11.8 Å². The molecule has 0 unspecified atom stereocenters. The second-order valence-electron chi connectivity index (χ2n) is 5.04. The number of ketones is 1. The molecule has 3 saturated carbocycles. The topological polar surface area (TPSA) is 37.3 Å². The van der Waals surface area contributed by atoms with Gasteiger partial charge in [0.1, 0.15) is 5.78 Å². The van der Waals surface area contributed by atoms with E-state index in [1.54, 1.807) is 0 Å². The first-order valence-corrected chi connectivity index (χ1v) is 6.03. The van der Waals surface area contributed by atoms with E-state index in [4.69, 9.17) is 0 Å². The van der Waals surface area contributed by atoms with Gasteiger partial charge in [0.15, 0.2) is 0 Å². The Labute approximate surface area is 95.3 Å². The van der Waals surface area contributed by atoms with E-state index < -0.39 is 6.10 Å². The Morgan fingerprint density at radius 2 is 1.88 bits per heavy atom. The molecule has 3 aliphatic rings. The first-order valence-electron chi connectivity index (χ1n) is 6.03. The molecule has 0 heterocycles. The van der Waals surface area contributed by atoms with Crippen LogP contribution < -0.4 is 0 Å². The van der Waals surface area contributed by atoms with Crippen LogP contribution in [0.3, 0.4) is 0 Å². The Hall–Kier alpha value is -1.15. The van der Waals surface area contributed by atoms with E-state index in [0.29, 0.717) is 12.3 Å². The van der Waals surface area contributed by atoms with Gasteiger partial charge >= 0.3 is 0 Å². The lowest BCUT2D eigenvalue weighted by Gasteiger charge is -2.45. The number of Topliss-reactive ketones (excluding diaryl/α,β-unsaturated/α-hetero) is 1. The molecule has 0 aliphatic heterocycles. The van der Waals surface area contributed by atoms with Crippen molar-refractivity contribution in [3.63, 3.8) is 0 Å². The summed E-state index contributed by atoms with van der Waals surface area (Å²) in [5, 5.41) is 10.3. The quantitative estimate of drug-likeness (QED) is 0.780. The Balaban J connectivity index is 1.95. The number of benzene rings is 1. The Kier molecular flexibility index (Phi) is 2.32. The average Bonchev–Trinajstić information content (AvgIpc) is 2.30. The van der Waals surface area contributed by atoms with Crippen LogP contribution >= 0.6 is 0 Å². The summed E-state index contributed by atoms with van der Waals surface area (Å²) >= 11 is 0. The molecule has 3 aliphatic carbocycles. The number of hydrogen-bond acceptors (Lipinski definition) is 2. The monoisotopic (exact) mass is 216 g/mol. The number of aliphatic hydroxyl groups is 1. The third-order valence-electron chi connectivity index (χ3n) is 4.20. The van der Waals surface area contributed by atoms with Crippen molar-refractivity contribution in [1.82, 2.24) is 0 Å². The maximum absolute atomic E-state index is 11.7. The van der Waals surface area contributed by atoms with Crippen LogP contribution in [0.25, 0.3) is 0 Å². The van der Waals surface area contributed by atoms with Crippen LogP contribution in [0.4, 0.5) is 0 Å². The van der Waals surface area contributed by atoms with Crippen LogP contribution in [0.2, 0.25) is 0 Å². The molecule has 16 heavy (non-hydrogen) atoms. The summed E-state index contributed by atoms with van der Waals surface area (Å²) in [7, 11) is 0. The summed E-state index contributed by atoms with van der Waals surface area (Å²) in [5.41, 5.74) is 1.19. The van der Waals surface area contributed by atoms with Gasteiger partial charge in [0.2, 0.25) is 0 Å². The molecular formula is C14H16O2. The van der Waals surface area contributed by atoms with Gasteiger partial charge in [-0.25, -0.2) is 0 Å². The number of carbonyl (C=O) groups excluding carboxylic acids is 1. The molecule has 0 radical (unpaired) electrons. The SMILES string of the molecule is O=C1C[C@H]2CC[C@@H]1[C@@H](O)[C@@H]2c1ccccc1. The van der Waals surface area contributed by atoms with Gasteiger partial charge in [-0.2, -0.15) is 0 Å². The minimum atomic E-state index is -0.456. The van der Waals surface area contributed by atoms with Gasteiger partial charge < -0.3 is 5.11 Å². The zero-order valence-corrected chi connectivity index (χ0v) is 9.17. The zero-order chi connectivity index (χ0) is 11.1. The summed E-state index contributed by atoms with van der Waals surface area (Å²) in [6, 6.07) is 10.1. The molecule has 2 bridgehead atoms. The lowest BCUT2D eigenvalue weighted by atomic mass is 9.60. The number of rotatable bonds is 1. The standard InChI is InChI=1S/C14H16O2/c15-12-8-10-6-7-11(12)14(16)13(10)9-4-2-1-3-5-9/h1-5,10-11,13-14,16H,6-8H2/t10-,11+,13-,14-/m1/s1. The van der Waals surface area contributed by atoms with Crippen LogP contribution in [-0.4, -0.2) is 17.0 Å². The molecule has 2 nitrogen and oxygen atoms in total. The average molecular weight is 216 g/mol. The van der Waals surface area contributed by atoms with Crippen molar-refractivity contribution in [1.29, 1.82) is 0 Å². The zero-order valence-electron chi connectivity index (χ0n) is 9.17. The van der Waals surface area contributed by atoms with Crippen LogP contribution in [0.1, 0.15) is 30.7 Å². The predicted molar refractivity (Wildman–Crippen MR) is 61.0 cm³/mol. The fourth-order valence-electron chi connectivity index (χ4n) is 3.41. The minimum Gasteiger partial charge on any atom is -0.392 e. The van der Waals surface area contributed by atoms with Crippen molar-refractivity contribution in [3.8, 4) is 0 Å². The van der Waals surface area contributed by atoms with Gasteiger partial charge in [-0.15, -0.1) is 0 Å². The highest BCUT2D eigenvalue weighted by Gasteiger charge is 2.47. The normalized spacial score (nSPS) is 37.7. The third-order valence-corrected chi connectivity index (χ3v) is 4.20. The van der Waals surface area contributed by atoms with Crippen LogP contribution in [0.5, 0.6) is 0 Å². The highest BCUT2D eigenvalue weighted by molar-refractivity contribution is 5.84. The van der Waals surface area contributed by atoms with Gasteiger partial charge in [-0.05, 0) is 24.3 Å². The van der Waals surface area contributed by atoms with E-state index in [1.807, 2.05) is 18.2 Å². The molecule has 2 heteroatoms. The molecule has 84 valence electrons. The first kappa shape index (κ1) is 10.0. The van der Waals surface area contributed by atoms with E-state index >= 15 is 0 Å². The number of fused-ring (bicyclic) bond motifs is 3. The van der Waals surface area contributed by atoms with Gasteiger partial charge in [-0.3, -0.25) is 4.79 Å². The lowest BCUT2D eigenvalue weighted by Crippen LogP contribution is -2.47. The molecule has 0 saturated heterocycles. The molecule has 4 rings (SSSR count).